The molecule has 2 rings (SSSR count). The first-order chi connectivity index (χ1) is 6.20. The second-order valence-electron chi connectivity index (χ2n) is 3.45. The number of nitrogens with one attached hydrogen (secondary N) is 1. The van der Waals surface area contributed by atoms with Gasteiger partial charge in [0.15, 0.2) is 0 Å². The molecule has 0 amide bonds. The van der Waals surface area contributed by atoms with E-state index in [1.807, 2.05) is 11.4 Å². The molecular weight excluding hydrogens is 253 g/mol. The lowest BCUT2D eigenvalue weighted by Crippen LogP contribution is -2.28. The second kappa shape index (κ2) is 3.67. The van der Waals surface area contributed by atoms with Gasteiger partial charge in [-0.2, -0.15) is 0 Å². The average Bonchev–Trinajstić information content (AvgIpc) is 2.64. The summed E-state index contributed by atoms with van der Waals surface area (Å²) >= 11 is 5.04. The SMILES string of the molecule is FC1(Cc2sccc2Br)CCNC1. The average molecular weight is 264 g/mol. The molecule has 1 fully saturated rings. The van der Waals surface area contributed by atoms with Crippen LogP contribution < -0.4 is 5.32 Å². The van der Waals surface area contributed by atoms with Gasteiger partial charge in [-0.3, -0.25) is 0 Å². The van der Waals surface area contributed by atoms with Gasteiger partial charge < -0.3 is 5.32 Å². The van der Waals surface area contributed by atoms with E-state index in [9.17, 15) is 4.39 Å². The van der Waals surface area contributed by atoms with Crippen molar-refractivity contribution >= 4 is 27.3 Å². The quantitative estimate of drug-likeness (QED) is 0.866. The Labute approximate surface area is 89.5 Å². The fraction of sp³-hybridized carbons (Fsp3) is 0.556. The van der Waals surface area contributed by atoms with Gasteiger partial charge in [-0.15, -0.1) is 11.3 Å². The zero-order valence-electron chi connectivity index (χ0n) is 7.15. The van der Waals surface area contributed by atoms with Crippen molar-refractivity contribution in [3.05, 3.63) is 20.8 Å². The monoisotopic (exact) mass is 263 g/mol. The lowest BCUT2D eigenvalue weighted by molar-refractivity contribution is 0.191. The van der Waals surface area contributed by atoms with Crippen LogP contribution in [0.2, 0.25) is 0 Å². The van der Waals surface area contributed by atoms with Crippen molar-refractivity contribution in [2.75, 3.05) is 13.1 Å². The molecule has 1 aromatic rings. The van der Waals surface area contributed by atoms with Crippen LogP contribution in [0.4, 0.5) is 4.39 Å². The van der Waals surface area contributed by atoms with Crippen LogP contribution in [-0.4, -0.2) is 18.8 Å². The first-order valence-electron chi connectivity index (χ1n) is 4.31. The summed E-state index contributed by atoms with van der Waals surface area (Å²) in [4.78, 5) is 1.12. The summed E-state index contributed by atoms with van der Waals surface area (Å²) < 4.78 is 15.0. The van der Waals surface area contributed by atoms with E-state index in [0.29, 0.717) is 19.4 Å². The highest BCUT2D eigenvalue weighted by atomic mass is 79.9. The molecule has 1 aliphatic rings. The van der Waals surface area contributed by atoms with Crippen LogP contribution in [0.1, 0.15) is 11.3 Å². The summed E-state index contributed by atoms with van der Waals surface area (Å²) in [5.41, 5.74) is -1.02. The second-order valence-corrected chi connectivity index (χ2v) is 5.30. The molecule has 1 N–H and O–H groups in total. The number of hydrogen-bond acceptors (Lipinski definition) is 2. The van der Waals surface area contributed by atoms with Crippen molar-refractivity contribution in [1.82, 2.24) is 5.32 Å². The molecule has 0 aliphatic carbocycles. The zero-order chi connectivity index (χ0) is 9.31. The summed E-state index contributed by atoms with van der Waals surface area (Å²) in [6.45, 7) is 1.30. The maximum atomic E-state index is 14.0. The Morgan fingerprint density at radius 1 is 1.69 bits per heavy atom. The van der Waals surface area contributed by atoms with Crippen molar-refractivity contribution in [1.29, 1.82) is 0 Å². The molecule has 2 heterocycles. The van der Waals surface area contributed by atoms with Gasteiger partial charge in [-0.05, 0) is 40.3 Å². The highest BCUT2D eigenvalue weighted by Crippen LogP contribution is 2.31. The summed E-state index contributed by atoms with van der Waals surface area (Å²) in [6.07, 6.45) is 1.18. The normalized spacial score (nSPS) is 28.2. The van der Waals surface area contributed by atoms with Gasteiger partial charge in [0.05, 0.1) is 0 Å². The molecule has 1 aliphatic heterocycles. The van der Waals surface area contributed by atoms with Crippen molar-refractivity contribution in [2.45, 2.75) is 18.5 Å². The number of halogens is 2. The van der Waals surface area contributed by atoms with Gasteiger partial charge in [0.25, 0.3) is 0 Å². The summed E-state index contributed by atoms with van der Waals surface area (Å²) in [7, 11) is 0. The summed E-state index contributed by atoms with van der Waals surface area (Å²) in [6, 6.07) is 1.98. The highest BCUT2D eigenvalue weighted by Gasteiger charge is 2.34. The van der Waals surface area contributed by atoms with Gasteiger partial charge in [-0.1, -0.05) is 0 Å². The third-order valence-electron chi connectivity index (χ3n) is 2.36. The Kier molecular flexibility index (Phi) is 2.72. The fourth-order valence-electron chi connectivity index (χ4n) is 1.60. The number of alkyl halides is 1. The van der Waals surface area contributed by atoms with Gasteiger partial charge in [0, 0.05) is 22.3 Å². The Morgan fingerprint density at radius 2 is 2.54 bits per heavy atom. The molecule has 1 nitrogen and oxygen atoms in total. The largest absolute Gasteiger partial charge is 0.313 e. The van der Waals surface area contributed by atoms with E-state index in [2.05, 4.69) is 21.2 Å². The van der Waals surface area contributed by atoms with Crippen molar-refractivity contribution < 1.29 is 4.39 Å². The predicted octanol–water partition coefficient (Wildman–Crippen LogP) is 2.75. The fourth-order valence-corrected chi connectivity index (χ4v) is 3.22. The topological polar surface area (TPSA) is 12.0 Å². The third-order valence-corrected chi connectivity index (χ3v) is 4.29. The van der Waals surface area contributed by atoms with E-state index in [1.54, 1.807) is 11.3 Å². The van der Waals surface area contributed by atoms with E-state index in [1.165, 1.54) is 0 Å². The van der Waals surface area contributed by atoms with Gasteiger partial charge >= 0.3 is 0 Å². The predicted molar refractivity (Wildman–Crippen MR) is 57.0 cm³/mol. The summed E-state index contributed by atoms with van der Waals surface area (Å²) in [5.74, 6) is 0. The molecule has 4 heteroatoms. The lowest BCUT2D eigenvalue weighted by Gasteiger charge is -2.16. The van der Waals surface area contributed by atoms with Crippen molar-refractivity contribution in [2.24, 2.45) is 0 Å². The van der Waals surface area contributed by atoms with Gasteiger partial charge in [-0.25, -0.2) is 4.39 Å². The van der Waals surface area contributed by atoms with E-state index in [-0.39, 0.29) is 0 Å². The molecule has 1 saturated heterocycles. The number of hydrogen-bond donors (Lipinski definition) is 1. The van der Waals surface area contributed by atoms with E-state index < -0.39 is 5.67 Å². The summed E-state index contributed by atoms with van der Waals surface area (Å²) in [5, 5.41) is 5.05. The standard InChI is InChI=1S/C9H11BrFNS/c10-7-1-4-13-8(7)5-9(11)2-3-12-6-9/h1,4,12H,2-3,5-6H2. The zero-order valence-corrected chi connectivity index (χ0v) is 9.55. The molecule has 0 spiro atoms. The smallest absolute Gasteiger partial charge is 0.129 e. The lowest BCUT2D eigenvalue weighted by atomic mass is 10.0. The number of rotatable bonds is 2. The minimum absolute atomic E-state index is 0.497. The van der Waals surface area contributed by atoms with Crippen molar-refractivity contribution in [3.63, 3.8) is 0 Å². The van der Waals surface area contributed by atoms with Crippen LogP contribution in [0.3, 0.4) is 0 Å². The minimum Gasteiger partial charge on any atom is -0.313 e. The minimum atomic E-state index is -1.02. The molecule has 0 bridgehead atoms. The van der Waals surface area contributed by atoms with Crippen LogP contribution in [0.5, 0.6) is 0 Å². The van der Waals surface area contributed by atoms with Gasteiger partial charge in [0.2, 0.25) is 0 Å². The number of thiophene rings is 1. The maximum Gasteiger partial charge on any atom is 0.129 e. The van der Waals surface area contributed by atoms with E-state index >= 15 is 0 Å². The molecule has 1 atom stereocenters. The van der Waals surface area contributed by atoms with Crippen LogP contribution in [0.25, 0.3) is 0 Å². The molecular formula is C9H11BrFNS. The Balaban J connectivity index is 2.09. The van der Waals surface area contributed by atoms with Crippen LogP contribution in [-0.2, 0) is 6.42 Å². The van der Waals surface area contributed by atoms with Crippen molar-refractivity contribution in [3.8, 4) is 0 Å². The first kappa shape index (κ1) is 9.62. The Bertz CT molecular complexity index is 294. The van der Waals surface area contributed by atoms with Crippen LogP contribution in [0.15, 0.2) is 15.9 Å². The molecule has 13 heavy (non-hydrogen) atoms. The van der Waals surface area contributed by atoms with Crippen LogP contribution >= 0.6 is 27.3 Å². The maximum absolute atomic E-state index is 14.0. The third kappa shape index (κ3) is 2.11. The Morgan fingerprint density at radius 3 is 3.08 bits per heavy atom. The molecule has 0 aromatic carbocycles. The molecule has 72 valence electrons. The molecule has 1 aromatic heterocycles. The first-order valence-corrected chi connectivity index (χ1v) is 5.98. The molecule has 0 saturated carbocycles. The van der Waals surface area contributed by atoms with E-state index in [4.69, 9.17) is 0 Å². The van der Waals surface area contributed by atoms with Crippen LogP contribution in [0, 0.1) is 0 Å². The molecule has 1 unspecified atom stereocenters. The Hall–Kier alpha value is 0.0700. The molecule has 0 radical (unpaired) electrons. The highest BCUT2D eigenvalue weighted by molar-refractivity contribution is 9.10. The van der Waals surface area contributed by atoms with Gasteiger partial charge in [0.1, 0.15) is 5.67 Å². The van der Waals surface area contributed by atoms with E-state index in [0.717, 1.165) is 15.9 Å².